The maximum absolute atomic E-state index is 9.55. The van der Waals surface area contributed by atoms with E-state index in [2.05, 4.69) is 6.58 Å². The van der Waals surface area contributed by atoms with Crippen LogP contribution in [-0.4, -0.2) is 28.4 Å². The molecule has 0 bridgehead atoms. The molecule has 5 nitrogen and oxygen atoms in total. The van der Waals surface area contributed by atoms with Crippen LogP contribution in [0.2, 0.25) is 0 Å². The highest BCUT2D eigenvalue weighted by atomic mass is 16.4. The Bertz CT molecular complexity index is 182. The Balaban J connectivity index is 0. The van der Waals surface area contributed by atoms with Gasteiger partial charge in [0.05, 0.1) is 0 Å². The predicted octanol–water partition coefficient (Wildman–Crippen LogP) is 0.0831. The van der Waals surface area contributed by atoms with E-state index in [-0.39, 0.29) is 0 Å². The molecule has 0 heterocycles. The lowest BCUT2D eigenvalue weighted by Crippen LogP contribution is -1.91. The Hall–Kier alpha value is -1.91. The van der Waals surface area contributed by atoms with Gasteiger partial charge in [0, 0.05) is 12.2 Å². The zero-order chi connectivity index (χ0) is 9.98. The van der Waals surface area contributed by atoms with Crippen LogP contribution in [0.4, 0.5) is 0 Å². The largest absolute Gasteiger partial charge is 0.478 e. The fourth-order valence-corrected chi connectivity index (χ4v) is 0.143. The fourth-order valence-electron chi connectivity index (χ4n) is 0.143. The standard InChI is InChI=1S/C4H4O4.C3H4O/c5-3(6)1-2-4(7)8;1-2-3-4/h1-2H,(H,5,6)(H,7,8);2-3H,1H2/b2-1+;. The average Bonchev–Trinajstić information content (AvgIpc) is 2.01. The van der Waals surface area contributed by atoms with Gasteiger partial charge in [0.15, 0.2) is 0 Å². The van der Waals surface area contributed by atoms with E-state index in [4.69, 9.17) is 15.0 Å². The summed E-state index contributed by atoms with van der Waals surface area (Å²) in [6, 6.07) is 0. The first-order valence-corrected chi connectivity index (χ1v) is 2.74. The number of carbonyl (C=O) groups is 3. The van der Waals surface area contributed by atoms with Crippen molar-refractivity contribution in [3.8, 4) is 0 Å². The van der Waals surface area contributed by atoms with Gasteiger partial charge >= 0.3 is 11.9 Å². The maximum Gasteiger partial charge on any atom is 0.328 e. The van der Waals surface area contributed by atoms with Crippen LogP contribution in [0.1, 0.15) is 0 Å². The molecular formula is C7H8O5. The molecular weight excluding hydrogens is 164 g/mol. The van der Waals surface area contributed by atoms with Crippen LogP contribution in [0, 0.1) is 0 Å². The second kappa shape index (κ2) is 9.09. The van der Waals surface area contributed by atoms with Crippen molar-refractivity contribution in [2.45, 2.75) is 0 Å². The molecule has 2 N–H and O–H groups in total. The van der Waals surface area contributed by atoms with E-state index in [0.717, 1.165) is 0 Å². The second-order valence-electron chi connectivity index (χ2n) is 1.38. The molecule has 0 aliphatic carbocycles. The molecule has 66 valence electrons. The smallest absolute Gasteiger partial charge is 0.328 e. The SMILES string of the molecule is C=CC=O.O=C(O)/C=C/C(=O)O. The summed E-state index contributed by atoms with van der Waals surface area (Å²) in [4.78, 5) is 28.2. The molecule has 0 aliphatic heterocycles. The second-order valence-corrected chi connectivity index (χ2v) is 1.38. The van der Waals surface area contributed by atoms with Crippen molar-refractivity contribution < 1.29 is 24.6 Å². The van der Waals surface area contributed by atoms with E-state index in [1.54, 1.807) is 0 Å². The van der Waals surface area contributed by atoms with Gasteiger partial charge < -0.3 is 10.2 Å². The van der Waals surface area contributed by atoms with E-state index in [0.29, 0.717) is 18.4 Å². The quantitative estimate of drug-likeness (QED) is 0.464. The van der Waals surface area contributed by atoms with Crippen molar-refractivity contribution in [3.63, 3.8) is 0 Å². The molecule has 0 aliphatic rings. The zero-order valence-electron chi connectivity index (χ0n) is 6.14. The number of rotatable bonds is 3. The first-order chi connectivity index (χ1) is 5.54. The molecule has 0 aromatic carbocycles. The first kappa shape index (κ1) is 12.7. The van der Waals surface area contributed by atoms with Gasteiger partial charge in [-0.25, -0.2) is 9.59 Å². The number of hydrogen-bond donors (Lipinski definition) is 2. The van der Waals surface area contributed by atoms with E-state index >= 15 is 0 Å². The minimum absolute atomic E-state index is 0.558. The number of carboxylic acids is 2. The van der Waals surface area contributed by atoms with Crippen LogP contribution in [0.5, 0.6) is 0 Å². The number of aliphatic carboxylic acids is 2. The summed E-state index contributed by atoms with van der Waals surface area (Å²) >= 11 is 0. The summed E-state index contributed by atoms with van der Waals surface area (Å²) in [7, 11) is 0. The van der Waals surface area contributed by atoms with Gasteiger partial charge in [-0.05, 0) is 6.08 Å². The van der Waals surface area contributed by atoms with Gasteiger partial charge in [0.25, 0.3) is 0 Å². The van der Waals surface area contributed by atoms with E-state index in [1.807, 2.05) is 0 Å². The number of carboxylic acid groups (broad SMARTS) is 2. The number of aldehydes is 1. The predicted molar refractivity (Wildman–Crippen MR) is 40.7 cm³/mol. The van der Waals surface area contributed by atoms with Crippen LogP contribution in [-0.2, 0) is 14.4 Å². The van der Waals surface area contributed by atoms with E-state index in [9.17, 15) is 9.59 Å². The monoisotopic (exact) mass is 172 g/mol. The van der Waals surface area contributed by atoms with Crippen molar-refractivity contribution in [2.24, 2.45) is 0 Å². The van der Waals surface area contributed by atoms with Crippen LogP contribution in [0.15, 0.2) is 24.8 Å². The van der Waals surface area contributed by atoms with Crippen molar-refractivity contribution >= 4 is 18.2 Å². The van der Waals surface area contributed by atoms with E-state index < -0.39 is 11.9 Å². The summed E-state index contributed by atoms with van der Waals surface area (Å²) < 4.78 is 0. The molecule has 0 fully saturated rings. The summed E-state index contributed by atoms with van der Waals surface area (Å²) in [5.74, 6) is -2.51. The zero-order valence-corrected chi connectivity index (χ0v) is 6.14. The van der Waals surface area contributed by atoms with Crippen molar-refractivity contribution in [1.29, 1.82) is 0 Å². The molecule has 12 heavy (non-hydrogen) atoms. The molecule has 0 aromatic rings. The maximum atomic E-state index is 9.55. The molecule has 0 amide bonds. The molecule has 0 aromatic heterocycles. The molecule has 0 saturated carbocycles. The van der Waals surface area contributed by atoms with Crippen LogP contribution in [0.25, 0.3) is 0 Å². The highest BCUT2D eigenvalue weighted by molar-refractivity contribution is 5.89. The summed E-state index contributed by atoms with van der Waals surface area (Å²) in [6.45, 7) is 3.11. The Kier molecular flexibility index (Phi) is 9.65. The minimum atomic E-state index is -1.26. The topological polar surface area (TPSA) is 91.7 Å². The third-order valence-electron chi connectivity index (χ3n) is 0.465. The number of carbonyl (C=O) groups excluding carboxylic acids is 1. The van der Waals surface area contributed by atoms with E-state index in [1.165, 1.54) is 6.08 Å². The van der Waals surface area contributed by atoms with Gasteiger partial charge in [0.2, 0.25) is 0 Å². The van der Waals surface area contributed by atoms with Crippen molar-refractivity contribution in [1.82, 2.24) is 0 Å². The third kappa shape index (κ3) is 24.3. The minimum Gasteiger partial charge on any atom is -0.478 e. The normalized spacial score (nSPS) is 8.00. The summed E-state index contributed by atoms with van der Waals surface area (Å²) in [6.07, 6.45) is 2.95. The van der Waals surface area contributed by atoms with Gasteiger partial charge in [-0.1, -0.05) is 6.58 Å². The molecule has 0 atom stereocenters. The lowest BCUT2D eigenvalue weighted by molar-refractivity contribution is -0.134. The van der Waals surface area contributed by atoms with Crippen LogP contribution < -0.4 is 0 Å². The van der Waals surface area contributed by atoms with Crippen molar-refractivity contribution in [3.05, 3.63) is 24.8 Å². The number of allylic oxidation sites excluding steroid dienone is 1. The first-order valence-electron chi connectivity index (χ1n) is 2.74. The summed E-state index contributed by atoms with van der Waals surface area (Å²) in [5.41, 5.74) is 0. The Morgan fingerprint density at radius 3 is 1.42 bits per heavy atom. The molecule has 0 spiro atoms. The van der Waals surface area contributed by atoms with Crippen LogP contribution in [0.3, 0.4) is 0 Å². The molecule has 0 saturated heterocycles. The number of hydrogen-bond acceptors (Lipinski definition) is 3. The Labute approximate surface area is 68.6 Å². The van der Waals surface area contributed by atoms with Gasteiger partial charge in [-0.3, -0.25) is 4.79 Å². The third-order valence-corrected chi connectivity index (χ3v) is 0.465. The Morgan fingerprint density at radius 2 is 1.33 bits per heavy atom. The van der Waals surface area contributed by atoms with Gasteiger partial charge in [-0.2, -0.15) is 0 Å². The summed E-state index contributed by atoms with van der Waals surface area (Å²) in [5, 5.41) is 15.6. The van der Waals surface area contributed by atoms with Crippen molar-refractivity contribution in [2.75, 3.05) is 0 Å². The lowest BCUT2D eigenvalue weighted by atomic mass is 10.5. The Morgan fingerprint density at radius 1 is 1.08 bits per heavy atom. The van der Waals surface area contributed by atoms with Gasteiger partial charge in [0.1, 0.15) is 6.29 Å². The molecule has 0 radical (unpaired) electrons. The molecule has 5 heteroatoms. The van der Waals surface area contributed by atoms with Gasteiger partial charge in [-0.15, -0.1) is 0 Å². The molecule has 0 unspecified atom stereocenters. The molecule has 0 rings (SSSR count). The highest BCUT2D eigenvalue weighted by Gasteiger charge is 1.88. The van der Waals surface area contributed by atoms with Crippen LogP contribution >= 0.6 is 0 Å². The fraction of sp³-hybridized carbons (Fsp3) is 0. The average molecular weight is 172 g/mol. The highest BCUT2D eigenvalue weighted by Crippen LogP contribution is 1.70. The lowest BCUT2D eigenvalue weighted by Gasteiger charge is -1.74.